The monoisotopic (exact) mass is 280 g/mol. The van der Waals surface area contributed by atoms with Gasteiger partial charge in [-0.05, 0) is 18.2 Å². The third kappa shape index (κ3) is 2.98. The highest BCUT2D eigenvalue weighted by Crippen LogP contribution is 2.28. The molecule has 0 atom stereocenters. The second-order valence-electron chi connectivity index (χ2n) is 5.21. The molecule has 0 saturated heterocycles. The van der Waals surface area contributed by atoms with Gasteiger partial charge in [0.2, 0.25) is 5.95 Å². The molecule has 0 fully saturated rings. The highest BCUT2D eigenvalue weighted by atomic mass is 35.5. The van der Waals surface area contributed by atoms with Gasteiger partial charge in [0.25, 0.3) is 0 Å². The Morgan fingerprint density at radius 2 is 1.84 bits per heavy atom. The molecular weight excluding hydrogens is 267 g/mol. The molecule has 0 aliphatic rings. The Labute approximate surface area is 115 Å². The molecule has 6 heteroatoms. The Kier molecular flexibility index (Phi) is 3.41. The fourth-order valence-corrected chi connectivity index (χ4v) is 1.77. The number of halogens is 2. The predicted molar refractivity (Wildman–Crippen MR) is 73.3 cm³/mol. The maximum Gasteiger partial charge on any atom is 0.223 e. The van der Waals surface area contributed by atoms with E-state index < -0.39 is 5.82 Å². The van der Waals surface area contributed by atoms with E-state index in [-0.39, 0.29) is 16.4 Å². The van der Waals surface area contributed by atoms with E-state index in [1.807, 2.05) is 20.8 Å². The first-order chi connectivity index (χ1) is 8.77. The van der Waals surface area contributed by atoms with Gasteiger partial charge >= 0.3 is 0 Å². The summed E-state index contributed by atoms with van der Waals surface area (Å²) >= 11 is 6.00. The smallest absolute Gasteiger partial charge is 0.223 e. The van der Waals surface area contributed by atoms with Gasteiger partial charge in [-0.1, -0.05) is 32.4 Å². The van der Waals surface area contributed by atoms with Crippen molar-refractivity contribution in [2.75, 3.05) is 5.73 Å². The van der Waals surface area contributed by atoms with E-state index in [2.05, 4.69) is 15.0 Å². The molecule has 1 heterocycles. The minimum Gasteiger partial charge on any atom is -0.368 e. The van der Waals surface area contributed by atoms with Crippen molar-refractivity contribution in [3.63, 3.8) is 0 Å². The third-order valence-corrected chi connectivity index (χ3v) is 2.81. The van der Waals surface area contributed by atoms with Crippen molar-refractivity contribution >= 4 is 17.5 Å². The average molecular weight is 281 g/mol. The molecule has 0 amide bonds. The third-order valence-electron chi connectivity index (χ3n) is 2.50. The van der Waals surface area contributed by atoms with Crippen LogP contribution in [0.25, 0.3) is 11.4 Å². The van der Waals surface area contributed by atoms with Crippen LogP contribution in [0.15, 0.2) is 18.2 Å². The van der Waals surface area contributed by atoms with Gasteiger partial charge in [0.05, 0.1) is 5.02 Å². The summed E-state index contributed by atoms with van der Waals surface area (Å²) in [5, 5.41) is 0.241. The van der Waals surface area contributed by atoms with Crippen LogP contribution in [0.3, 0.4) is 0 Å². The van der Waals surface area contributed by atoms with Crippen LogP contribution < -0.4 is 5.73 Å². The maximum absolute atomic E-state index is 13.0. The van der Waals surface area contributed by atoms with Crippen molar-refractivity contribution in [3.8, 4) is 11.4 Å². The lowest BCUT2D eigenvalue weighted by atomic mass is 9.96. The van der Waals surface area contributed by atoms with Crippen molar-refractivity contribution in [3.05, 3.63) is 34.9 Å². The number of nitrogens with zero attached hydrogens (tertiary/aromatic N) is 3. The number of aromatic nitrogens is 3. The summed E-state index contributed by atoms with van der Waals surface area (Å²) in [6, 6.07) is 4.05. The normalized spacial score (nSPS) is 11.6. The predicted octanol–water partition coefficient (Wildman–Crippen LogP) is 3.21. The van der Waals surface area contributed by atoms with Crippen LogP contribution in [-0.4, -0.2) is 15.0 Å². The largest absolute Gasteiger partial charge is 0.368 e. The second-order valence-corrected chi connectivity index (χ2v) is 5.62. The van der Waals surface area contributed by atoms with Crippen LogP contribution in [0.1, 0.15) is 26.6 Å². The van der Waals surface area contributed by atoms with E-state index in [1.54, 1.807) is 0 Å². The average Bonchev–Trinajstić information content (AvgIpc) is 2.26. The molecule has 1 aromatic carbocycles. The molecule has 1 aromatic heterocycles. The van der Waals surface area contributed by atoms with Crippen molar-refractivity contribution in [1.29, 1.82) is 0 Å². The van der Waals surface area contributed by atoms with E-state index in [0.717, 1.165) is 0 Å². The van der Waals surface area contributed by atoms with Gasteiger partial charge in [-0.25, -0.2) is 9.37 Å². The summed E-state index contributed by atoms with van der Waals surface area (Å²) in [7, 11) is 0. The van der Waals surface area contributed by atoms with Crippen LogP contribution in [0.2, 0.25) is 5.02 Å². The van der Waals surface area contributed by atoms with Crippen LogP contribution in [0.5, 0.6) is 0 Å². The fraction of sp³-hybridized carbons (Fsp3) is 0.308. The number of nitrogen functional groups attached to an aromatic ring is 1. The number of hydrogen-bond acceptors (Lipinski definition) is 4. The molecule has 0 spiro atoms. The zero-order valence-corrected chi connectivity index (χ0v) is 11.7. The summed E-state index contributed by atoms with van der Waals surface area (Å²) in [5.74, 6) is 0.625. The highest BCUT2D eigenvalue weighted by molar-refractivity contribution is 6.33. The van der Waals surface area contributed by atoms with E-state index in [0.29, 0.717) is 17.2 Å². The summed E-state index contributed by atoms with van der Waals surface area (Å²) < 4.78 is 13.0. The Morgan fingerprint density at radius 3 is 2.42 bits per heavy atom. The number of rotatable bonds is 1. The minimum atomic E-state index is -0.410. The maximum atomic E-state index is 13.0. The van der Waals surface area contributed by atoms with Gasteiger partial charge in [0.1, 0.15) is 11.6 Å². The van der Waals surface area contributed by atoms with Crippen molar-refractivity contribution in [2.24, 2.45) is 0 Å². The lowest BCUT2D eigenvalue weighted by Crippen LogP contribution is -2.18. The van der Waals surface area contributed by atoms with Crippen molar-refractivity contribution < 1.29 is 4.39 Å². The molecule has 0 aliphatic heterocycles. The lowest BCUT2D eigenvalue weighted by Gasteiger charge is -2.17. The van der Waals surface area contributed by atoms with Crippen molar-refractivity contribution in [2.45, 2.75) is 26.2 Å². The van der Waals surface area contributed by atoms with E-state index in [9.17, 15) is 4.39 Å². The molecule has 4 nitrogen and oxygen atoms in total. The summed E-state index contributed by atoms with van der Waals surface area (Å²) in [6.45, 7) is 5.91. The topological polar surface area (TPSA) is 64.7 Å². The standard InChI is InChI=1S/C13H14ClFN4/c1-13(2,3)11-17-10(18-12(16)19-11)8-5-4-7(15)6-9(8)14/h4-6H,1-3H3,(H2,16,17,18,19). The number of benzene rings is 1. The van der Waals surface area contributed by atoms with Gasteiger partial charge in [-0.2, -0.15) is 9.97 Å². The Hall–Kier alpha value is -1.75. The van der Waals surface area contributed by atoms with Crippen LogP contribution in [0, 0.1) is 5.82 Å². The van der Waals surface area contributed by atoms with Gasteiger partial charge < -0.3 is 5.73 Å². The van der Waals surface area contributed by atoms with Gasteiger partial charge in [0, 0.05) is 11.0 Å². The molecule has 0 unspecified atom stereocenters. The van der Waals surface area contributed by atoms with Crippen LogP contribution >= 0.6 is 11.6 Å². The number of hydrogen-bond donors (Lipinski definition) is 1. The first-order valence-electron chi connectivity index (χ1n) is 5.75. The summed E-state index contributed by atoms with van der Waals surface area (Å²) in [6.07, 6.45) is 0. The van der Waals surface area contributed by atoms with E-state index in [4.69, 9.17) is 17.3 Å². The fourth-order valence-electron chi connectivity index (χ4n) is 1.52. The molecule has 0 aliphatic carbocycles. The quantitative estimate of drug-likeness (QED) is 0.871. The SMILES string of the molecule is CC(C)(C)c1nc(N)nc(-c2ccc(F)cc2Cl)n1. The molecule has 0 saturated carbocycles. The Bertz CT molecular complexity index is 623. The zero-order valence-electron chi connectivity index (χ0n) is 10.9. The first kappa shape index (κ1) is 13.7. The number of anilines is 1. The molecular formula is C13H14ClFN4. The van der Waals surface area contributed by atoms with Gasteiger partial charge in [0.15, 0.2) is 5.82 Å². The molecule has 2 rings (SSSR count). The molecule has 2 aromatic rings. The van der Waals surface area contributed by atoms with E-state index in [1.165, 1.54) is 18.2 Å². The zero-order chi connectivity index (χ0) is 14.2. The van der Waals surface area contributed by atoms with Gasteiger partial charge in [-0.3, -0.25) is 0 Å². The van der Waals surface area contributed by atoms with Crippen LogP contribution in [-0.2, 0) is 5.41 Å². The summed E-state index contributed by atoms with van der Waals surface area (Å²) in [5.41, 5.74) is 5.96. The Balaban J connectivity index is 2.59. The van der Waals surface area contributed by atoms with Gasteiger partial charge in [-0.15, -0.1) is 0 Å². The summed E-state index contributed by atoms with van der Waals surface area (Å²) in [4.78, 5) is 12.5. The molecule has 100 valence electrons. The molecule has 0 bridgehead atoms. The van der Waals surface area contributed by atoms with E-state index >= 15 is 0 Å². The Morgan fingerprint density at radius 1 is 1.16 bits per heavy atom. The molecule has 0 radical (unpaired) electrons. The highest BCUT2D eigenvalue weighted by Gasteiger charge is 2.20. The first-order valence-corrected chi connectivity index (χ1v) is 6.12. The number of nitrogens with two attached hydrogens (primary N) is 1. The molecule has 2 N–H and O–H groups in total. The van der Waals surface area contributed by atoms with Crippen molar-refractivity contribution in [1.82, 2.24) is 15.0 Å². The van der Waals surface area contributed by atoms with Crippen LogP contribution in [0.4, 0.5) is 10.3 Å². The lowest BCUT2D eigenvalue weighted by molar-refractivity contribution is 0.544. The molecule has 19 heavy (non-hydrogen) atoms. The minimum absolute atomic E-state index is 0.121. The second kappa shape index (κ2) is 4.74.